The van der Waals surface area contributed by atoms with Gasteiger partial charge in [-0.2, -0.15) is 0 Å². The number of sulfonamides is 1. The quantitative estimate of drug-likeness (QED) is 0.753. The average Bonchev–Trinajstić information content (AvgIpc) is 3.06. The van der Waals surface area contributed by atoms with Crippen LogP contribution >= 0.6 is 11.8 Å². The van der Waals surface area contributed by atoms with Gasteiger partial charge in [0.2, 0.25) is 15.9 Å². The van der Waals surface area contributed by atoms with Crippen LogP contribution in [0.3, 0.4) is 0 Å². The molecule has 5 nitrogen and oxygen atoms in total. The monoisotopic (exact) mass is 376 g/mol. The van der Waals surface area contributed by atoms with E-state index in [0.717, 1.165) is 22.6 Å². The van der Waals surface area contributed by atoms with Gasteiger partial charge in [-0.05, 0) is 30.2 Å². The Hall–Kier alpha value is -1.99. The Morgan fingerprint density at radius 1 is 1.08 bits per heavy atom. The fourth-order valence-corrected chi connectivity index (χ4v) is 4.92. The Balaban J connectivity index is 1.47. The van der Waals surface area contributed by atoms with Crippen molar-refractivity contribution in [1.82, 2.24) is 5.32 Å². The zero-order valence-corrected chi connectivity index (χ0v) is 15.4. The summed E-state index contributed by atoms with van der Waals surface area (Å²) in [7, 11) is -3.42. The normalized spacial score (nSPS) is 13.5. The largest absolute Gasteiger partial charge is 0.354 e. The van der Waals surface area contributed by atoms with Crippen LogP contribution in [-0.4, -0.2) is 38.9 Å². The summed E-state index contributed by atoms with van der Waals surface area (Å²) < 4.78 is 26.5. The lowest BCUT2D eigenvalue weighted by Gasteiger charge is -2.19. The van der Waals surface area contributed by atoms with Gasteiger partial charge in [-0.25, -0.2) is 8.42 Å². The van der Waals surface area contributed by atoms with Crippen molar-refractivity contribution in [2.45, 2.75) is 11.3 Å². The van der Waals surface area contributed by atoms with E-state index in [1.807, 2.05) is 54.6 Å². The molecule has 7 heteroatoms. The van der Waals surface area contributed by atoms with Crippen molar-refractivity contribution in [2.75, 3.05) is 28.9 Å². The van der Waals surface area contributed by atoms with Crippen molar-refractivity contribution >= 4 is 33.4 Å². The summed E-state index contributed by atoms with van der Waals surface area (Å²) in [6.07, 6.45) is 0.732. The van der Waals surface area contributed by atoms with Gasteiger partial charge in [0.15, 0.2) is 0 Å². The lowest BCUT2D eigenvalue weighted by atomic mass is 10.2. The van der Waals surface area contributed by atoms with E-state index >= 15 is 0 Å². The molecule has 0 saturated heterocycles. The summed E-state index contributed by atoms with van der Waals surface area (Å²) in [6, 6.07) is 17.2. The van der Waals surface area contributed by atoms with E-state index in [1.54, 1.807) is 0 Å². The molecule has 1 aliphatic rings. The summed E-state index contributed by atoms with van der Waals surface area (Å²) in [4.78, 5) is 12.9. The number of hydrogen-bond donors (Lipinski definition) is 1. The highest BCUT2D eigenvalue weighted by Gasteiger charge is 2.28. The number of amides is 1. The Morgan fingerprint density at radius 3 is 2.60 bits per heavy atom. The standard InChI is InChI=1S/C18H20N2O3S2/c21-18(14-24-16-7-2-1-3-8-16)19-11-13-25(22,23)20-12-10-15-6-4-5-9-17(15)20/h1-9H,10-14H2,(H,19,21). The minimum absolute atomic E-state index is 0.0942. The molecule has 1 heterocycles. The molecule has 2 aromatic carbocycles. The molecular weight excluding hydrogens is 356 g/mol. The Morgan fingerprint density at radius 2 is 1.80 bits per heavy atom. The minimum atomic E-state index is -3.42. The first-order valence-corrected chi connectivity index (χ1v) is 10.7. The number of thioether (sulfide) groups is 1. The van der Waals surface area contributed by atoms with Gasteiger partial charge in [0.25, 0.3) is 0 Å². The van der Waals surface area contributed by atoms with Crippen molar-refractivity contribution in [3.63, 3.8) is 0 Å². The smallest absolute Gasteiger partial charge is 0.236 e. The third kappa shape index (κ3) is 4.55. The molecule has 0 aromatic heterocycles. The third-order valence-electron chi connectivity index (χ3n) is 3.98. The molecule has 2 aromatic rings. The minimum Gasteiger partial charge on any atom is -0.354 e. The molecule has 0 atom stereocenters. The number of benzene rings is 2. The van der Waals surface area contributed by atoms with Crippen LogP contribution in [0, 0.1) is 0 Å². The van der Waals surface area contributed by atoms with Crippen molar-refractivity contribution in [2.24, 2.45) is 0 Å². The van der Waals surface area contributed by atoms with E-state index in [2.05, 4.69) is 5.32 Å². The number of anilines is 1. The number of para-hydroxylation sites is 1. The molecule has 132 valence electrons. The van der Waals surface area contributed by atoms with Gasteiger partial charge >= 0.3 is 0 Å². The Bertz CT molecular complexity index is 838. The maximum absolute atomic E-state index is 12.5. The van der Waals surface area contributed by atoms with Gasteiger partial charge in [0.1, 0.15) is 0 Å². The third-order valence-corrected chi connectivity index (χ3v) is 6.76. The van der Waals surface area contributed by atoms with E-state index in [4.69, 9.17) is 0 Å². The first-order chi connectivity index (χ1) is 12.1. The van der Waals surface area contributed by atoms with Crippen LogP contribution in [0.25, 0.3) is 0 Å². The maximum Gasteiger partial charge on any atom is 0.236 e. The molecule has 25 heavy (non-hydrogen) atoms. The highest BCUT2D eigenvalue weighted by atomic mass is 32.2. The van der Waals surface area contributed by atoms with E-state index in [1.165, 1.54) is 16.1 Å². The summed E-state index contributed by atoms with van der Waals surface area (Å²) in [6.45, 7) is 0.592. The number of rotatable bonds is 7. The van der Waals surface area contributed by atoms with Gasteiger partial charge < -0.3 is 5.32 Å². The molecular formula is C18H20N2O3S2. The predicted octanol–water partition coefficient (Wildman–Crippen LogP) is 2.29. The van der Waals surface area contributed by atoms with Crippen LogP contribution in [0.1, 0.15) is 5.56 Å². The van der Waals surface area contributed by atoms with Crippen molar-refractivity contribution < 1.29 is 13.2 Å². The van der Waals surface area contributed by atoms with Crippen LogP contribution < -0.4 is 9.62 Å². The Labute approximate surface area is 152 Å². The molecule has 1 amide bonds. The lowest BCUT2D eigenvalue weighted by molar-refractivity contribution is -0.118. The molecule has 0 spiro atoms. The first-order valence-electron chi connectivity index (χ1n) is 8.09. The zero-order chi connectivity index (χ0) is 17.7. The SMILES string of the molecule is O=C(CSc1ccccc1)NCCS(=O)(=O)N1CCc2ccccc21. The van der Waals surface area contributed by atoms with Crippen LogP contribution in [0.15, 0.2) is 59.5 Å². The topological polar surface area (TPSA) is 66.5 Å². The fraction of sp³-hybridized carbons (Fsp3) is 0.278. The highest BCUT2D eigenvalue weighted by Crippen LogP contribution is 2.29. The van der Waals surface area contributed by atoms with Crippen LogP contribution in [-0.2, 0) is 21.2 Å². The van der Waals surface area contributed by atoms with Crippen molar-refractivity contribution in [3.05, 3.63) is 60.2 Å². The van der Waals surface area contributed by atoms with E-state index in [0.29, 0.717) is 6.54 Å². The molecule has 0 aliphatic carbocycles. The van der Waals surface area contributed by atoms with Gasteiger partial charge in [-0.1, -0.05) is 36.4 Å². The first kappa shape index (κ1) is 17.8. The van der Waals surface area contributed by atoms with E-state index in [9.17, 15) is 13.2 Å². The second kappa shape index (κ2) is 7.93. The fourth-order valence-electron chi connectivity index (χ4n) is 2.74. The molecule has 0 bridgehead atoms. The van der Waals surface area contributed by atoms with Crippen molar-refractivity contribution in [3.8, 4) is 0 Å². The van der Waals surface area contributed by atoms with Crippen molar-refractivity contribution in [1.29, 1.82) is 0 Å². The molecule has 0 radical (unpaired) electrons. The van der Waals surface area contributed by atoms with Gasteiger partial charge in [0.05, 0.1) is 17.2 Å². The van der Waals surface area contributed by atoms with Crippen LogP contribution in [0.5, 0.6) is 0 Å². The summed E-state index contributed by atoms with van der Waals surface area (Å²) in [5.41, 5.74) is 1.81. The second-order valence-electron chi connectivity index (χ2n) is 5.72. The number of hydrogen-bond acceptors (Lipinski definition) is 4. The number of nitrogens with one attached hydrogen (secondary N) is 1. The van der Waals surface area contributed by atoms with E-state index in [-0.39, 0.29) is 24.0 Å². The average molecular weight is 377 g/mol. The van der Waals surface area contributed by atoms with E-state index < -0.39 is 10.0 Å². The summed E-state index contributed by atoms with van der Waals surface area (Å²) in [5, 5.41) is 2.69. The molecule has 1 N–H and O–H groups in total. The summed E-state index contributed by atoms with van der Waals surface area (Å²) >= 11 is 1.43. The molecule has 3 rings (SSSR count). The molecule has 0 unspecified atom stereocenters. The number of carbonyl (C=O) groups is 1. The van der Waals surface area contributed by atoms with Gasteiger partial charge in [-0.15, -0.1) is 11.8 Å². The van der Waals surface area contributed by atoms with Gasteiger partial charge in [-0.3, -0.25) is 9.10 Å². The van der Waals surface area contributed by atoms with Crippen LogP contribution in [0.4, 0.5) is 5.69 Å². The molecule has 0 fully saturated rings. The second-order valence-corrected chi connectivity index (χ2v) is 8.78. The Kier molecular flexibility index (Phi) is 5.65. The molecule has 1 aliphatic heterocycles. The maximum atomic E-state index is 12.5. The van der Waals surface area contributed by atoms with Gasteiger partial charge in [0, 0.05) is 18.0 Å². The number of carbonyl (C=O) groups excluding carboxylic acids is 1. The summed E-state index contributed by atoms with van der Waals surface area (Å²) in [5.74, 6) is 0.0190. The predicted molar refractivity (Wildman–Crippen MR) is 101 cm³/mol. The number of nitrogens with zero attached hydrogens (tertiary/aromatic N) is 1. The highest BCUT2D eigenvalue weighted by molar-refractivity contribution is 8.00. The zero-order valence-electron chi connectivity index (χ0n) is 13.7. The van der Waals surface area contributed by atoms with Crippen LogP contribution in [0.2, 0.25) is 0 Å². The molecule has 0 saturated carbocycles. The number of fused-ring (bicyclic) bond motifs is 1. The lowest BCUT2D eigenvalue weighted by Crippen LogP contribution is -2.37.